The normalized spacial score (nSPS) is 16.2. The van der Waals surface area contributed by atoms with Crippen LogP contribution in [0.2, 0.25) is 0 Å². The maximum atomic E-state index is 13.0. The molecule has 2 rings (SSSR count). The predicted molar refractivity (Wildman–Crippen MR) is 67.1 cm³/mol. The summed E-state index contributed by atoms with van der Waals surface area (Å²) in [6.45, 7) is 1.70. The number of sulfonamides is 1. The van der Waals surface area contributed by atoms with E-state index in [-0.39, 0.29) is 11.4 Å². The summed E-state index contributed by atoms with van der Waals surface area (Å²) in [4.78, 5) is -0.277. The number of halogens is 2. The Hall–Kier alpha value is -1.31. The van der Waals surface area contributed by atoms with Crippen LogP contribution in [0, 0.1) is 11.6 Å². The molecule has 0 aliphatic carbocycles. The first kappa shape index (κ1) is 14.1. The number of hydrogen-bond acceptors (Lipinski definition) is 3. The SMILES string of the molecule is O=S(=O)(NCC1=CCNCC1)c1ccc(F)c(F)c1. The molecule has 1 aliphatic heterocycles. The van der Waals surface area contributed by atoms with Crippen LogP contribution in [-0.2, 0) is 10.0 Å². The van der Waals surface area contributed by atoms with Gasteiger partial charge in [0, 0.05) is 13.1 Å². The first-order valence-corrected chi connectivity index (χ1v) is 7.31. The zero-order chi connectivity index (χ0) is 13.9. The summed E-state index contributed by atoms with van der Waals surface area (Å²) in [5.74, 6) is -2.25. The molecule has 1 heterocycles. The summed E-state index contributed by atoms with van der Waals surface area (Å²) < 4.78 is 51.9. The van der Waals surface area contributed by atoms with E-state index in [2.05, 4.69) is 10.0 Å². The lowest BCUT2D eigenvalue weighted by Gasteiger charge is -2.14. The van der Waals surface area contributed by atoms with Crippen LogP contribution in [-0.4, -0.2) is 28.1 Å². The van der Waals surface area contributed by atoms with Crippen LogP contribution in [0.25, 0.3) is 0 Å². The van der Waals surface area contributed by atoms with Gasteiger partial charge in [0.2, 0.25) is 10.0 Å². The van der Waals surface area contributed by atoms with Crippen molar-refractivity contribution in [3.63, 3.8) is 0 Å². The van der Waals surface area contributed by atoms with Crippen molar-refractivity contribution in [1.29, 1.82) is 0 Å². The second kappa shape index (κ2) is 5.77. The van der Waals surface area contributed by atoms with Crippen molar-refractivity contribution < 1.29 is 17.2 Å². The number of rotatable bonds is 4. The smallest absolute Gasteiger partial charge is 0.240 e. The molecule has 0 saturated heterocycles. The molecular weight excluding hydrogens is 274 g/mol. The molecular formula is C12H14F2N2O2S. The van der Waals surface area contributed by atoms with Crippen molar-refractivity contribution in [2.24, 2.45) is 0 Å². The van der Waals surface area contributed by atoms with Gasteiger partial charge < -0.3 is 5.32 Å². The Morgan fingerprint density at radius 1 is 1.26 bits per heavy atom. The molecule has 1 aliphatic rings. The van der Waals surface area contributed by atoms with Gasteiger partial charge in [0.1, 0.15) is 0 Å². The Morgan fingerprint density at radius 3 is 2.68 bits per heavy atom. The molecule has 0 bridgehead atoms. The van der Waals surface area contributed by atoms with Crippen molar-refractivity contribution in [1.82, 2.24) is 10.0 Å². The first-order chi connectivity index (χ1) is 8.99. The van der Waals surface area contributed by atoms with Crippen LogP contribution in [0.3, 0.4) is 0 Å². The zero-order valence-electron chi connectivity index (χ0n) is 10.1. The second-order valence-corrected chi connectivity index (χ2v) is 5.98. The Labute approximate surface area is 110 Å². The Kier molecular flexibility index (Phi) is 4.28. The van der Waals surface area contributed by atoms with Gasteiger partial charge in [-0.1, -0.05) is 11.6 Å². The van der Waals surface area contributed by atoms with Crippen LogP contribution in [0.1, 0.15) is 6.42 Å². The lowest BCUT2D eigenvalue weighted by atomic mass is 10.1. The molecule has 0 fully saturated rings. The molecule has 0 saturated carbocycles. The predicted octanol–water partition coefficient (Wildman–Crippen LogP) is 1.16. The van der Waals surface area contributed by atoms with E-state index in [9.17, 15) is 17.2 Å². The largest absolute Gasteiger partial charge is 0.313 e. The lowest BCUT2D eigenvalue weighted by molar-refractivity contribution is 0.504. The average Bonchev–Trinajstić information content (AvgIpc) is 2.41. The number of nitrogens with one attached hydrogen (secondary N) is 2. The topological polar surface area (TPSA) is 58.2 Å². The molecule has 104 valence electrons. The molecule has 0 radical (unpaired) electrons. The lowest BCUT2D eigenvalue weighted by Crippen LogP contribution is -2.29. The molecule has 1 aromatic rings. The van der Waals surface area contributed by atoms with Gasteiger partial charge in [0.25, 0.3) is 0 Å². The van der Waals surface area contributed by atoms with Gasteiger partial charge >= 0.3 is 0 Å². The highest BCUT2D eigenvalue weighted by Gasteiger charge is 2.17. The van der Waals surface area contributed by atoms with Crippen LogP contribution in [0.15, 0.2) is 34.7 Å². The zero-order valence-corrected chi connectivity index (χ0v) is 10.9. The standard InChI is InChI=1S/C12H14F2N2O2S/c13-11-2-1-10(7-12(11)14)19(17,18)16-8-9-3-5-15-6-4-9/h1-3,7,15-16H,4-6,8H2. The number of benzene rings is 1. The van der Waals surface area contributed by atoms with Gasteiger partial charge in [0.15, 0.2) is 11.6 Å². The fraction of sp³-hybridized carbons (Fsp3) is 0.333. The van der Waals surface area contributed by atoms with E-state index in [1.807, 2.05) is 6.08 Å². The highest BCUT2D eigenvalue weighted by atomic mass is 32.2. The monoisotopic (exact) mass is 288 g/mol. The molecule has 2 N–H and O–H groups in total. The van der Waals surface area contributed by atoms with E-state index >= 15 is 0 Å². The third kappa shape index (κ3) is 3.59. The summed E-state index contributed by atoms with van der Waals surface area (Å²) in [7, 11) is -3.82. The summed E-state index contributed by atoms with van der Waals surface area (Å²) >= 11 is 0. The molecule has 0 aromatic heterocycles. The molecule has 19 heavy (non-hydrogen) atoms. The van der Waals surface area contributed by atoms with Crippen molar-refractivity contribution in [3.05, 3.63) is 41.5 Å². The van der Waals surface area contributed by atoms with Crippen molar-refractivity contribution in [2.75, 3.05) is 19.6 Å². The van der Waals surface area contributed by atoms with Crippen LogP contribution in [0.5, 0.6) is 0 Å². The molecule has 0 spiro atoms. The summed E-state index contributed by atoms with van der Waals surface area (Å²) in [6, 6.07) is 2.51. The van der Waals surface area contributed by atoms with Gasteiger partial charge in [-0.25, -0.2) is 21.9 Å². The average molecular weight is 288 g/mol. The molecule has 0 atom stereocenters. The minimum Gasteiger partial charge on any atom is -0.313 e. The Morgan fingerprint density at radius 2 is 2.05 bits per heavy atom. The highest BCUT2D eigenvalue weighted by molar-refractivity contribution is 7.89. The van der Waals surface area contributed by atoms with E-state index < -0.39 is 21.7 Å². The summed E-state index contributed by atoms with van der Waals surface area (Å²) in [5.41, 5.74) is 0.977. The molecule has 0 unspecified atom stereocenters. The van der Waals surface area contributed by atoms with Gasteiger partial charge in [-0.15, -0.1) is 0 Å². The number of hydrogen-bond donors (Lipinski definition) is 2. The van der Waals surface area contributed by atoms with Crippen molar-refractivity contribution in [2.45, 2.75) is 11.3 Å². The van der Waals surface area contributed by atoms with Gasteiger partial charge in [-0.3, -0.25) is 0 Å². The fourth-order valence-corrected chi connectivity index (χ4v) is 2.79. The summed E-state index contributed by atoms with van der Waals surface area (Å²) in [5, 5.41) is 3.11. The third-order valence-electron chi connectivity index (χ3n) is 2.85. The quantitative estimate of drug-likeness (QED) is 0.818. The van der Waals surface area contributed by atoms with Crippen LogP contribution < -0.4 is 10.0 Å². The van der Waals surface area contributed by atoms with Gasteiger partial charge in [-0.05, 0) is 31.2 Å². The summed E-state index contributed by atoms with van der Waals surface area (Å²) in [6.07, 6.45) is 2.68. The van der Waals surface area contributed by atoms with Crippen LogP contribution in [0.4, 0.5) is 8.78 Å². The van der Waals surface area contributed by atoms with Crippen molar-refractivity contribution in [3.8, 4) is 0 Å². The minimum atomic E-state index is -3.82. The Balaban J connectivity index is 2.09. The molecule has 0 amide bonds. The van der Waals surface area contributed by atoms with E-state index in [0.29, 0.717) is 12.6 Å². The van der Waals surface area contributed by atoms with E-state index in [0.717, 1.165) is 30.7 Å². The maximum Gasteiger partial charge on any atom is 0.240 e. The second-order valence-electron chi connectivity index (χ2n) is 4.22. The van der Waals surface area contributed by atoms with Gasteiger partial charge in [-0.2, -0.15) is 0 Å². The maximum absolute atomic E-state index is 13.0. The van der Waals surface area contributed by atoms with Crippen LogP contribution >= 0.6 is 0 Å². The minimum absolute atomic E-state index is 0.184. The van der Waals surface area contributed by atoms with E-state index in [1.54, 1.807) is 0 Å². The molecule has 4 nitrogen and oxygen atoms in total. The van der Waals surface area contributed by atoms with Gasteiger partial charge in [0.05, 0.1) is 4.90 Å². The molecule has 1 aromatic carbocycles. The van der Waals surface area contributed by atoms with Crippen molar-refractivity contribution >= 4 is 10.0 Å². The fourth-order valence-electron chi connectivity index (χ4n) is 1.75. The highest BCUT2D eigenvalue weighted by Crippen LogP contribution is 2.14. The van der Waals surface area contributed by atoms with E-state index in [1.165, 1.54) is 0 Å². The third-order valence-corrected chi connectivity index (χ3v) is 4.25. The Bertz CT molecular complexity index is 600. The van der Waals surface area contributed by atoms with E-state index in [4.69, 9.17) is 0 Å². The molecule has 7 heteroatoms. The first-order valence-electron chi connectivity index (χ1n) is 5.82.